The summed E-state index contributed by atoms with van der Waals surface area (Å²) in [5.41, 5.74) is 12.9. The fraction of sp³-hybridized carbons (Fsp3) is 0.531. The Morgan fingerprint density at radius 1 is 1.02 bits per heavy atom. The number of nitrogens with two attached hydrogens (primary N) is 2. The first kappa shape index (κ1) is 31.4. The quantitative estimate of drug-likeness (QED) is 0.109. The Morgan fingerprint density at radius 3 is 2.61 bits per heavy atom. The lowest BCUT2D eigenvalue weighted by molar-refractivity contribution is -0.163. The highest BCUT2D eigenvalue weighted by atomic mass is 16.6. The van der Waals surface area contributed by atoms with Crippen LogP contribution < -0.4 is 21.5 Å². The first-order valence-corrected chi connectivity index (χ1v) is 15.1. The highest BCUT2D eigenvalue weighted by Crippen LogP contribution is 2.61. The number of anilines is 1. The summed E-state index contributed by atoms with van der Waals surface area (Å²) >= 11 is 0. The molecule has 7 N–H and O–H groups in total. The maximum absolute atomic E-state index is 12.6. The lowest BCUT2D eigenvalue weighted by Gasteiger charge is -2.50. The molecule has 0 aromatic heterocycles. The van der Waals surface area contributed by atoms with E-state index < -0.39 is 17.7 Å². The summed E-state index contributed by atoms with van der Waals surface area (Å²) < 4.78 is 21.9. The molecular formula is C32H41N3O9. The third kappa shape index (κ3) is 6.56. The molecular weight excluding hydrogens is 570 g/mol. The van der Waals surface area contributed by atoms with Crippen molar-refractivity contribution in [1.29, 1.82) is 0 Å². The third-order valence-corrected chi connectivity index (χ3v) is 9.62. The van der Waals surface area contributed by atoms with Gasteiger partial charge in [-0.2, -0.15) is 0 Å². The van der Waals surface area contributed by atoms with Crippen LogP contribution in [0.25, 0.3) is 0 Å². The van der Waals surface area contributed by atoms with Gasteiger partial charge in [0.1, 0.15) is 29.8 Å². The molecule has 12 nitrogen and oxygen atoms in total. The Hall–Kier alpha value is -4.03. The average Bonchev–Trinajstić information content (AvgIpc) is 3.31. The summed E-state index contributed by atoms with van der Waals surface area (Å²) in [7, 11) is 0. The van der Waals surface area contributed by atoms with Crippen molar-refractivity contribution in [2.45, 2.75) is 57.5 Å². The van der Waals surface area contributed by atoms with Crippen molar-refractivity contribution in [3.05, 3.63) is 47.0 Å². The number of amides is 2. The molecule has 2 saturated carbocycles. The minimum absolute atomic E-state index is 0.0435. The standard InChI is InChI=1S/C32H41N3O9/c1-32-11-10-21-20-5-3-19(36)16-18(20)2-4-22(21)23(32)6-9-26(32)44-27(37)17-42-15-14-41-13-12-35-31(40)43-25-8-7-24(33)29(38)28(25)30(34)39/h3,5,7-8,16,21-23,26,36,38H,2,4,6,9-15,17,33H2,1H3,(H2,34,39)(H,35,40). The molecule has 3 aliphatic carbocycles. The van der Waals surface area contributed by atoms with Crippen molar-refractivity contribution in [2.24, 2.45) is 23.0 Å². The van der Waals surface area contributed by atoms with E-state index in [1.54, 1.807) is 6.07 Å². The minimum atomic E-state index is -0.993. The molecule has 5 unspecified atom stereocenters. The molecule has 2 amide bonds. The van der Waals surface area contributed by atoms with Gasteiger partial charge in [-0.3, -0.25) is 4.79 Å². The van der Waals surface area contributed by atoms with Gasteiger partial charge in [-0.15, -0.1) is 0 Å². The highest BCUT2D eigenvalue weighted by molar-refractivity contribution is 6.00. The largest absolute Gasteiger partial charge is 0.508 e. The van der Waals surface area contributed by atoms with E-state index in [1.807, 2.05) is 6.07 Å². The number of ether oxygens (including phenoxy) is 4. The smallest absolute Gasteiger partial charge is 0.412 e. The number of phenols is 2. The van der Waals surface area contributed by atoms with E-state index in [4.69, 9.17) is 30.4 Å². The molecule has 5 atom stereocenters. The summed E-state index contributed by atoms with van der Waals surface area (Å²) in [6, 6.07) is 8.35. The number of nitrogen functional groups attached to an aromatic ring is 1. The number of hydrogen-bond donors (Lipinski definition) is 5. The summed E-state index contributed by atoms with van der Waals surface area (Å²) in [6.07, 6.45) is 5.06. The highest BCUT2D eigenvalue weighted by Gasteiger charge is 2.56. The lowest BCUT2D eigenvalue weighted by atomic mass is 9.55. The number of fused-ring (bicyclic) bond motifs is 5. The number of primary amides is 1. The van der Waals surface area contributed by atoms with E-state index in [0.717, 1.165) is 38.5 Å². The van der Waals surface area contributed by atoms with E-state index in [-0.39, 0.29) is 67.5 Å². The second-order valence-corrected chi connectivity index (χ2v) is 12.1. The van der Waals surface area contributed by atoms with Crippen LogP contribution in [0.1, 0.15) is 66.4 Å². The molecule has 2 aromatic carbocycles. The fourth-order valence-corrected chi connectivity index (χ4v) is 7.56. The van der Waals surface area contributed by atoms with E-state index in [2.05, 4.69) is 18.3 Å². The molecule has 0 aliphatic heterocycles. The molecule has 5 rings (SSSR count). The summed E-state index contributed by atoms with van der Waals surface area (Å²) in [6.45, 7) is 2.74. The number of phenolic OH excluding ortho intramolecular Hbond substituents is 1. The van der Waals surface area contributed by atoms with Crippen molar-refractivity contribution in [1.82, 2.24) is 5.32 Å². The number of rotatable bonds is 11. The van der Waals surface area contributed by atoms with Crippen molar-refractivity contribution in [3.8, 4) is 17.2 Å². The fourth-order valence-electron chi connectivity index (χ4n) is 7.56. The molecule has 2 fully saturated rings. The number of carbonyl (C=O) groups is 3. The van der Waals surface area contributed by atoms with Crippen LogP contribution in [-0.2, 0) is 25.4 Å². The first-order valence-electron chi connectivity index (χ1n) is 15.1. The van der Waals surface area contributed by atoms with E-state index >= 15 is 0 Å². The van der Waals surface area contributed by atoms with Gasteiger partial charge in [0.2, 0.25) is 0 Å². The predicted octanol–water partition coefficient (Wildman–Crippen LogP) is 3.37. The van der Waals surface area contributed by atoms with Gasteiger partial charge >= 0.3 is 12.1 Å². The van der Waals surface area contributed by atoms with Gasteiger partial charge in [-0.1, -0.05) is 13.0 Å². The number of nitrogens with one attached hydrogen (secondary N) is 1. The van der Waals surface area contributed by atoms with Crippen LogP contribution in [0.15, 0.2) is 30.3 Å². The molecule has 0 bridgehead atoms. The monoisotopic (exact) mass is 611 g/mol. The minimum Gasteiger partial charge on any atom is -0.508 e. The zero-order chi connectivity index (χ0) is 31.4. The van der Waals surface area contributed by atoms with Gasteiger partial charge in [0.25, 0.3) is 5.91 Å². The molecule has 2 aromatic rings. The van der Waals surface area contributed by atoms with Crippen LogP contribution in [0.2, 0.25) is 0 Å². The van der Waals surface area contributed by atoms with Gasteiger partial charge in [0, 0.05) is 12.0 Å². The topological polar surface area (TPSA) is 193 Å². The molecule has 44 heavy (non-hydrogen) atoms. The van der Waals surface area contributed by atoms with E-state index in [9.17, 15) is 24.6 Å². The number of benzene rings is 2. The Kier molecular flexibility index (Phi) is 9.50. The Balaban J connectivity index is 0.975. The van der Waals surface area contributed by atoms with E-state index in [1.165, 1.54) is 23.3 Å². The zero-order valence-electron chi connectivity index (χ0n) is 24.9. The van der Waals surface area contributed by atoms with Crippen LogP contribution in [0.5, 0.6) is 17.2 Å². The van der Waals surface area contributed by atoms with Crippen LogP contribution in [-0.4, -0.2) is 67.3 Å². The lowest BCUT2D eigenvalue weighted by Crippen LogP contribution is -2.45. The number of esters is 1. The first-order chi connectivity index (χ1) is 21.1. The Morgan fingerprint density at radius 2 is 1.82 bits per heavy atom. The van der Waals surface area contributed by atoms with Crippen LogP contribution in [0.3, 0.4) is 0 Å². The van der Waals surface area contributed by atoms with Crippen LogP contribution in [0, 0.1) is 17.3 Å². The second kappa shape index (κ2) is 13.3. The summed E-state index contributed by atoms with van der Waals surface area (Å²) in [5, 5.41) is 22.3. The number of hydrogen-bond acceptors (Lipinski definition) is 10. The van der Waals surface area contributed by atoms with Crippen molar-refractivity contribution >= 4 is 23.7 Å². The Bertz CT molecular complexity index is 1400. The maximum atomic E-state index is 12.6. The van der Waals surface area contributed by atoms with Crippen molar-refractivity contribution in [2.75, 3.05) is 38.7 Å². The van der Waals surface area contributed by atoms with E-state index in [0.29, 0.717) is 23.5 Å². The molecule has 0 spiro atoms. The van der Waals surface area contributed by atoms with Crippen LogP contribution >= 0.6 is 0 Å². The van der Waals surface area contributed by atoms with Crippen molar-refractivity contribution < 1.29 is 43.5 Å². The Labute approximate surface area is 256 Å². The average molecular weight is 612 g/mol. The molecule has 3 aliphatic rings. The van der Waals surface area contributed by atoms with Gasteiger partial charge in [0.05, 0.1) is 25.5 Å². The SMILES string of the molecule is CC12CCC3c4ccc(O)cc4CCC3C1CCC2OC(=O)COCCOCCNC(=O)Oc1ccc(N)c(O)c1C(N)=O. The van der Waals surface area contributed by atoms with Gasteiger partial charge in [-0.25, -0.2) is 9.59 Å². The zero-order valence-corrected chi connectivity index (χ0v) is 24.9. The normalized spacial score (nSPS) is 25.3. The third-order valence-electron chi connectivity index (χ3n) is 9.62. The molecule has 238 valence electrons. The number of aromatic hydroxyl groups is 2. The maximum Gasteiger partial charge on any atom is 0.412 e. The van der Waals surface area contributed by atoms with Gasteiger partial charge < -0.3 is 45.9 Å². The van der Waals surface area contributed by atoms with Crippen molar-refractivity contribution in [3.63, 3.8) is 0 Å². The van der Waals surface area contributed by atoms with Crippen LogP contribution in [0.4, 0.5) is 10.5 Å². The summed E-state index contributed by atoms with van der Waals surface area (Å²) in [5.74, 6) is -0.242. The predicted molar refractivity (Wildman–Crippen MR) is 159 cm³/mol. The summed E-state index contributed by atoms with van der Waals surface area (Å²) in [4.78, 5) is 36.3. The number of carbonyl (C=O) groups excluding carboxylic acids is 3. The number of aryl methyl sites for hydroxylation is 1. The molecule has 12 heteroatoms. The second-order valence-electron chi connectivity index (χ2n) is 12.1. The van der Waals surface area contributed by atoms with Gasteiger partial charge in [0.15, 0.2) is 5.75 Å². The molecule has 0 heterocycles. The molecule has 0 saturated heterocycles. The molecule has 0 radical (unpaired) electrons. The van der Waals surface area contributed by atoms with Gasteiger partial charge in [-0.05, 0) is 91.7 Å².